The number of nitro benzene ring substituents is 1. The first-order chi connectivity index (χ1) is 12.1. The number of nitro groups is 1. The van der Waals surface area contributed by atoms with Crippen molar-refractivity contribution >= 4 is 33.2 Å². The van der Waals surface area contributed by atoms with E-state index in [1.165, 1.54) is 17.4 Å². The molecule has 3 aromatic rings. The molecular formula is C16H10N2O6S. The zero-order valence-electron chi connectivity index (χ0n) is 12.6. The number of para-hydroxylation sites is 1. The molecule has 2 aromatic carbocycles. The number of benzene rings is 2. The molecule has 25 heavy (non-hydrogen) atoms. The van der Waals surface area contributed by atoms with Gasteiger partial charge in [-0.2, -0.15) is 0 Å². The quantitative estimate of drug-likeness (QED) is 0.401. The van der Waals surface area contributed by atoms with Crippen LogP contribution in [0.5, 0.6) is 11.5 Å². The first-order valence-electron chi connectivity index (χ1n) is 7.21. The van der Waals surface area contributed by atoms with Crippen molar-refractivity contribution in [2.24, 2.45) is 0 Å². The molecule has 0 bridgehead atoms. The molecule has 0 aliphatic carbocycles. The molecule has 0 unspecified atom stereocenters. The first kappa shape index (κ1) is 15.3. The fraction of sp³-hybridized carbons (Fsp3) is 0.125. The van der Waals surface area contributed by atoms with Gasteiger partial charge in [0.05, 0.1) is 21.2 Å². The minimum absolute atomic E-state index is 0.0449. The van der Waals surface area contributed by atoms with Crippen molar-refractivity contribution in [1.29, 1.82) is 0 Å². The minimum atomic E-state index is -0.816. The lowest BCUT2D eigenvalue weighted by Crippen LogP contribution is -2.08. The van der Waals surface area contributed by atoms with Crippen LogP contribution < -0.4 is 9.47 Å². The topological polar surface area (TPSA) is 101 Å². The predicted molar refractivity (Wildman–Crippen MR) is 88.0 cm³/mol. The van der Waals surface area contributed by atoms with Crippen molar-refractivity contribution in [1.82, 2.24) is 4.98 Å². The van der Waals surface area contributed by atoms with E-state index in [9.17, 15) is 14.9 Å². The fourth-order valence-electron chi connectivity index (χ4n) is 2.43. The van der Waals surface area contributed by atoms with E-state index in [0.717, 1.165) is 16.3 Å². The van der Waals surface area contributed by atoms with E-state index in [1.807, 2.05) is 24.3 Å². The number of esters is 1. The monoisotopic (exact) mass is 358 g/mol. The minimum Gasteiger partial charge on any atom is -0.455 e. The first-order valence-corrected chi connectivity index (χ1v) is 8.03. The summed E-state index contributed by atoms with van der Waals surface area (Å²) in [6.45, 7) is -0.111. The number of carbonyl (C=O) groups excluding carboxylic acids is 1. The largest absolute Gasteiger partial charge is 0.455 e. The Morgan fingerprint density at radius 1 is 1.28 bits per heavy atom. The smallest absolute Gasteiger partial charge is 0.345 e. The van der Waals surface area contributed by atoms with Crippen LogP contribution in [0.15, 0.2) is 36.4 Å². The molecule has 126 valence electrons. The van der Waals surface area contributed by atoms with Gasteiger partial charge in [0.1, 0.15) is 17.2 Å². The Hall–Kier alpha value is -3.20. The van der Waals surface area contributed by atoms with Crippen molar-refractivity contribution in [3.05, 3.63) is 57.1 Å². The Kier molecular flexibility index (Phi) is 3.69. The number of aromatic nitrogens is 1. The maximum Gasteiger partial charge on any atom is 0.345 e. The maximum absolute atomic E-state index is 12.3. The Labute approximate surface area is 144 Å². The van der Waals surface area contributed by atoms with Crippen LogP contribution in [-0.4, -0.2) is 22.7 Å². The summed E-state index contributed by atoms with van der Waals surface area (Å²) in [5, 5.41) is 11.8. The number of rotatable bonds is 4. The standard InChI is InChI=1S/C16H10N2O6S/c19-16(22-7-15-17-10-3-1-2-4-14(10)25-15)9-5-12-13(24-8-23-12)6-11(9)18(20)21/h1-6H,7-8H2. The van der Waals surface area contributed by atoms with Crippen LogP contribution in [-0.2, 0) is 11.3 Å². The second-order valence-corrected chi connectivity index (χ2v) is 6.25. The molecule has 0 N–H and O–H groups in total. The number of carbonyl (C=O) groups is 1. The lowest BCUT2D eigenvalue weighted by molar-refractivity contribution is -0.385. The number of hydrogen-bond acceptors (Lipinski definition) is 8. The normalized spacial score (nSPS) is 12.3. The van der Waals surface area contributed by atoms with Crippen LogP contribution in [0.3, 0.4) is 0 Å². The second-order valence-electron chi connectivity index (χ2n) is 5.13. The van der Waals surface area contributed by atoms with E-state index in [1.54, 1.807) is 0 Å². The molecule has 0 amide bonds. The molecule has 1 aliphatic heterocycles. The highest BCUT2D eigenvalue weighted by Crippen LogP contribution is 2.38. The van der Waals surface area contributed by atoms with Gasteiger partial charge in [-0.15, -0.1) is 11.3 Å². The fourth-order valence-corrected chi connectivity index (χ4v) is 3.31. The molecule has 0 spiro atoms. The second kappa shape index (κ2) is 6.02. The SMILES string of the molecule is O=C(OCc1nc2ccccc2s1)c1cc2c(cc1[N+](=O)[O-])OCO2. The van der Waals surface area contributed by atoms with Crippen molar-refractivity contribution in [2.75, 3.05) is 6.79 Å². The van der Waals surface area contributed by atoms with Gasteiger partial charge >= 0.3 is 5.97 Å². The van der Waals surface area contributed by atoms with Gasteiger partial charge in [0.25, 0.3) is 5.69 Å². The summed E-state index contributed by atoms with van der Waals surface area (Å²) in [4.78, 5) is 27.2. The van der Waals surface area contributed by atoms with E-state index in [4.69, 9.17) is 14.2 Å². The van der Waals surface area contributed by atoms with Gasteiger partial charge in [-0.3, -0.25) is 10.1 Å². The van der Waals surface area contributed by atoms with E-state index in [-0.39, 0.29) is 30.5 Å². The molecule has 0 saturated carbocycles. The Balaban J connectivity index is 1.57. The number of fused-ring (bicyclic) bond motifs is 2. The van der Waals surface area contributed by atoms with Crippen LogP contribution in [0.2, 0.25) is 0 Å². The Bertz CT molecular complexity index is 966. The van der Waals surface area contributed by atoms with Gasteiger partial charge in [-0.1, -0.05) is 12.1 Å². The van der Waals surface area contributed by atoms with Crippen LogP contribution in [0.25, 0.3) is 10.2 Å². The third-order valence-corrected chi connectivity index (χ3v) is 4.58. The highest BCUT2D eigenvalue weighted by molar-refractivity contribution is 7.18. The summed E-state index contributed by atoms with van der Waals surface area (Å²) in [6, 6.07) is 9.97. The third-order valence-electron chi connectivity index (χ3n) is 3.57. The zero-order valence-corrected chi connectivity index (χ0v) is 13.4. The van der Waals surface area contributed by atoms with Crippen molar-refractivity contribution in [3.8, 4) is 11.5 Å². The van der Waals surface area contributed by atoms with Gasteiger partial charge in [-0.25, -0.2) is 9.78 Å². The summed E-state index contributed by atoms with van der Waals surface area (Å²) in [5.41, 5.74) is 0.238. The molecule has 0 radical (unpaired) electrons. The van der Waals surface area contributed by atoms with Gasteiger partial charge in [-0.05, 0) is 12.1 Å². The van der Waals surface area contributed by atoms with Crippen LogP contribution >= 0.6 is 11.3 Å². The maximum atomic E-state index is 12.3. The lowest BCUT2D eigenvalue weighted by atomic mass is 10.1. The van der Waals surface area contributed by atoms with Crippen molar-refractivity contribution in [2.45, 2.75) is 6.61 Å². The van der Waals surface area contributed by atoms with Crippen molar-refractivity contribution < 1.29 is 23.9 Å². The van der Waals surface area contributed by atoms with Gasteiger partial charge in [0, 0.05) is 6.07 Å². The summed E-state index contributed by atoms with van der Waals surface area (Å²) < 4.78 is 16.4. The molecule has 2 heterocycles. The number of ether oxygens (including phenoxy) is 3. The molecular weight excluding hydrogens is 348 g/mol. The summed E-state index contributed by atoms with van der Waals surface area (Å²) >= 11 is 1.40. The molecule has 0 fully saturated rings. The predicted octanol–water partition coefficient (Wildman–Crippen LogP) is 3.29. The average Bonchev–Trinajstić information content (AvgIpc) is 3.23. The van der Waals surface area contributed by atoms with E-state index >= 15 is 0 Å². The van der Waals surface area contributed by atoms with Crippen LogP contribution in [0, 0.1) is 10.1 Å². The van der Waals surface area contributed by atoms with Crippen LogP contribution in [0.1, 0.15) is 15.4 Å². The number of thiazole rings is 1. The third kappa shape index (κ3) is 2.85. The summed E-state index contributed by atoms with van der Waals surface area (Å²) in [7, 11) is 0. The van der Waals surface area contributed by atoms with E-state index in [2.05, 4.69) is 4.98 Å². The molecule has 4 rings (SSSR count). The van der Waals surface area contributed by atoms with E-state index in [0.29, 0.717) is 5.01 Å². The highest BCUT2D eigenvalue weighted by atomic mass is 32.1. The van der Waals surface area contributed by atoms with Gasteiger partial charge < -0.3 is 14.2 Å². The molecule has 8 nitrogen and oxygen atoms in total. The van der Waals surface area contributed by atoms with Gasteiger partial charge in [0.2, 0.25) is 6.79 Å². The Morgan fingerprint density at radius 2 is 2.04 bits per heavy atom. The van der Waals surface area contributed by atoms with Crippen LogP contribution in [0.4, 0.5) is 5.69 Å². The highest BCUT2D eigenvalue weighted by Gasteiger charge is 2.28. The zero-order chi connectivity index (χ0) is 17.4. The Morgan fingerprint density at radius 3 is 2.80 bits per heavy atom. The van der Waals surface area contributed by atoms with Gasteiger partial charge in [0.15, 0.2) is 11.5 Å². The lowest BCUT2D eigenvalue weighted by Gasteiger charge is -2.05. The van der Waals surface area contributed by atoms with E-state index < -0.39 is 16.6 Å². The summed E-state index contributed by atoms with van der Waals surface area (Å²) in [6.07, 6.45) is 0. The molecule has 0 atom stereocenters. The molecule has 1 aliphatic rings. The molecule has 0 saturated heterocycles. The number of nitrogens with zero attached hydrogens (tertiary/aromatic N) is 2. The van der Waals surface area contributed by atoms with Crippen molar-refractivity contribution in [3.63, 3.8) is 0 Å². The molecule has 9 heteroatoms. The average molecular weight is 358 g/mol. The number of hydrogen-bond donors (Lipinski definition) is 0. The summed E-state index contributed by atoms with van der Waals surface area (Å²) in [5.74, 6) is -0.309. The molecule has 1 aromatic heterocycles.